The number of amides is 1. The van der Waals surface area contributed by atoms with E-state index in [1.165, 1.54) is 12.1 Å². The number of ether oxygens (including phenoxy) is 2. The van der Waals surface area contributed by atoms with E-state index >= 15 is 0 Å². The number of rotatable bonds is 9. The Morgan fingerprint density at radius 1 is 1.03 bits per heavy atom. The highest BCUT2D eigenvalue weighted by Crippen LogP contribution is 2.34. The lowest BCUT2D eigenvalue weighted by Gasteiger charge is -2.13. The van der Waals surface area contributed by atoms with E-state index in [0.717, 1.165) is 31.2 Å². The number of benzene rings is 2. The van der Waals surface area contributed by atoms with Crippen LogP contribution in [-0.4, -0.2) is 31.7 Å². The minimum absolute atomic E-state index is 0.238. The largest absolute Gasteiger partial charge is 0.497 e. The smallest absolute Gasteiger partial charge is 0.252 e. The first-order chi connectivity index (χ1) is 14.6. The van der Waals surface area contributed by atoms with Crippen LogP contribution >= 0.6 is 0 Å². The van der Waals surface area contributed by atoms with E-state index in [1.54, 1.807) is 32.4 Å². The average Bonchev–Trinajstić information content (AvgIpc) is 2.77. The summed E-state index contributed by atoms with van der Waals surface area (Å²) in [5, 5.41) is 3.44. The first kappa shape index (κ1) is 21.6. The van der Waals surface area contributed by atoms with Gasteiger partial charge in [-0.3, -0.25) is 4.79 Å². The van der Waals surface area contributed by atoms with Gasteiger partial charge < -0.3 is 14.8 Å². The summed E-state index contributed by atoms with van der Waals surface area (Å²) < 4.78 is 24.7. The van der Waals surface area contributed by atoms with Gasteiger partial charge in [0.15, 0.2) is 0 Å². The summed E-state index contributed by atoms with van der Waals surface area (Å²) in [6, 6.07) is 11.4. The van der Waals surface area contributed by atoms with Gasteiger partial charge in [0.05, 0.1) is 31.0 Å². The molecule has 5 nitrogen and oxygen atoms in total. The number of aromatic nitrogens is 1. The van der Waals surface area contributed by atoms with Crippen LogP contribution in [0.5, 0.6) is 11.5 Å². The van der Waals surface area contributed by atoms with Crippen molar-refractivity contribution in [1.29, 1.82) is 0 Å². The van der Waals surface area contributed by atoms with E-state index in [-0.39, 0.29) is 5.91 Å². The third-order valence-corrected chi connectivity index (χ3v) is 5.02. The van der Waals surface area contributed by atoms with Crippen molar-refractivity contribution in [3.05, 3.63) is 53.8 Å². The summed E-state index contributed by atoms with van der Waals surface area (Å²) in [5.74, 6) is 0.590. The fourth-order valence-electron chi connectivity index (χ4n) is 3.38. The SMILES string of the molecule is CCCCCCNC(=O)c1cc(-c2ccc(OC)cc2OC)nc2ccc(F)cc12. The molecule has 0 aliphatic heterocycles. The van der Waals surface area contributed by atoms with Crippen LogP contribution in [0.25, 0.3) is 22.2 Å². The number of nitrogens with zero attached hydrogens (tertiary/aromatic N) is 1. The molecule has 0 radical (unpaired) electrons. The number of carbonyl (C=O) groups is 1. The minimum Gasteiger partial charge on any atom is -0.497 e. The van der Waals surface area contributed by atoms with Crippen LogP contribution in [0.3, 0.4) is 0 Å². The van der Waals surface area contributed by atoms with E-state index in [2.05, 4.69) is 17.2 Å². The molecule has 0 spiro atoms. The molecule has 0 saturated carbocycles. The lowest BCUT2D eigenvalue weighted by molar-refractivity contribution is 0.0954. The lowest BCUT2D eigenvalue weighted by Crippen LogP contribution is -2.25. The fourth-order valence-corrected chi connectivity index (χ4v) is 3.38. The van der Waals surface area contributed by atoms with Gasteiger partial charge in [-0.25, -0.2) is 9.37 Å². The Labute approximate surface area is 176 Å². The van der Waals surface area contributed by atoms with Crippen LogP contribution in [-0.2, 0) is 0 Å². The van der Waals surface area contributed by atoms with Crippen molar-refractivity contribution in [2.24, 2.45) is 0 Å². The molecule has 3 aromatic rings. The molecule has 1 aromatic heterocycles. The van der Waals surface area contributed by atoms with Gasteiger partial charge >= 0.3 is 0 Å². The maximum Gasteiger partial charge on any atom is 0.252 e. The maximum atomic E-state index is 13.9. The number of hydrogen-bond donors (Lipinski definition) is 1. The molecule has 1 amide bonds. The molecule has 2 aromatic carbocycles. The molecular weight excluding hydrogens is 383 g/mol. The zero-order valence-corrected chi connectivity index (χ0v) is 17.6. The summed E-state index contributed by atoms with van der Waals surface area (Å²) in [6.07, 6.45) is 4.25. The Kier molecular flexibility index (Phi) is 7.22. The average molecular weight is 410 g/mol. The van der Waals surface area contributed by atoms with Crippen molar-refractivity contribution >= 4 is 16.8 Å². The summed E-state index contributed by atoms with van der Waals surface area (Å²) in [6.45, 7) is 2.73. The molecule has 30 heavy (non-hydrogen) atoms. The van der Waals surface area contributed by atoms with Gasteiger partial charge in [-0.1, -0.05) is 26.2 Å². The van der Waals surface area contributed by atoms with Crippen LogP contribution in [0.4, 0.5) is 4.39 Å². The quantitative estimate of drug-likeness (QED) is 0.482. The third kappa shape index (κ3) is 4.87. The fraction of sp³-hybridized carbons (Fsp3) is 0.333. The number of fused-ring (bicyclic) bond motifs is 1. The summed E-state index contributed by atoms with van der Waals surface area (Å²) in [4.78, 5) is 17.6. The number of nitrogens with one attached hydrogen (secondary N) is 1. The highest BCUT2D eigenvalue weighted by molar-refractivity contribution is 6.07. The van der Waals surface area contributed by atoms with E-state index in [9.17, 15) is 9.18 Å². The summed E-state index contributed by atoms with van der Waals surface area (Å²) in [7, 11) is 3.15. The molecule has 6 heteroatoms. The second-order valence-electron chi connectivity index (χ2n) is 7.10. The van der Waals surface area contributed by atoms with Crippen molar-refractivity contribution in [2.45, 2.75) is 32.6 Å². The van der Waals surface area contributed by atoms with Crippen LogP contribution in [0, 0.1) is 5.82 Å². The Hall–Kier alpha value is -3.15. The molecule has 0 fully saturated rings. The number of carbonyl (C=O) groups excluding carboxylic acids is 1. The number of unbranched alkanes of at least 4 members (excludes halogenated alkanes) is 3. The van der Waals surface area contributed by atoms with E-state index in [1.807, 2.05) is 12.1 Å². The molecule has 3 rings (SSSR count). The van der Waals surface area contributed by atoms with E-state index in [0.29, 0.717) is 40.2 Å². The maximum absolute atomic E-state index is 13.9. The predicted octanol–water partition coefficient (Wildman–Crippen LogP) is 5.37. The van der Waals surface area contributed by atoms with Crippen molar-refractivity contribution < 1.29 is 18.7 Å². The summed E-state index contributed by atoms with van der Waals surface area (Å²) in [5.41, 5.74) is 2.23. The Bertz CT molecular complexity index is 1040. The van der Waals surface area contributed by atoms with Gasteiger partial charge in [0, 0.05) is 23.6 Å². The van der Waals surface area contributed by atoms with Crippen molar-refractivity contribution in [3.8, 4) is 22.8 Å². The third-order valence-electron chi connectivity index (χ3n) is 5.02. The number of hydrogen-bond acceptors (Lipinski definition) is 4. The number of halogens is 1. The standard InChI is InChI=1S/C24H27FN2O3/c1-4-5-6-7-12-26-24(28)20-15-22(27-21-11-8-16(25)13-19(20)21)18-10-9-17(29-2)14-23(18)30-3/h8-11,13-15H,4-7,12H2,1-3H3,(H,26,28). The lowest BCUT2D eigenvalue weighted by atomic mass is 10.0. The van der Waals surface area contributed by atoms with Crippen molar-refractivity contribution in [1.82, 2.24) is 10.3 Å². The van der Waals surface area contributed by atoms with E-state index in [4.69, 9.17) is 9.47 Å². The Balaban J connectivity index is 2.01. The van der Waals surface area contributed by atoms with Gasteiger partial charge in [-0.15, -0.1) is 0 Å². The molecule has 0 unspecified atom stereocenters. The van der Waals surface area contributed by atoms with Crippen LogP contribution in [0.1, 0.15) is 43.0 Å². The molecule has 1 heterocycles. The van der Waals surface area contributed by atoms with Crippen LogP contribution < -0.4 is 14.8 Å². The summed E-state index contributed by atoms with van der Waals surface area (Å²) >= 11 is 0. The molecule has 0 saturated heterocycles. The molecule has 1 N–H and O–H groups in total. The zero-order chi connectivity index (χ0) is 21.5. The molecule has 0 bridgehead atoms. The first-order valence-corrected chi connectivity index (χ1v) is 10.2. The second kappa shape index (κ2) is 10.1. The monoisotopic (exact) mass is 410 g/mol. The van der Waals surface area contributed by atoms with Gasteiger partial charge in [0.2, 0.25) is 0 Å². The van der Waals surface area contributed by atoms with Crippen LogP contribution in [0.15, 0.2) is 42.5 Å². The normalized spacial score (nSPS) is 10.8. The van der Waals surface area contributed by atoms with Crippen molar-refractivity contribution in [2.75, 3.05) is 20.8 Å². The Morgan fingerprint density at radius 2 is 1.87 bits per heavy atom. The van der Waals surface area contributed by atoms with Gasteiger partial charge in [-0.2, -0.15) is 0 Å². The molecule has 0 aliphatic rings. The highest BCUT2D eigenvalue weighted by Gasteiger charge is 2.17. The Morgan fingerprint density at radius 3 is 2.60 bits per heavy atom. The zero-order valence-electron chi connectivity index (χ0n) is 17.6. The van der Waals surface area contributed by atoms with Gasteiger partial charge in [0.1, 0.15) is 17.3 Å². The van der Waals surface area contributed by atoms with Crippen LogP contribution in [0.2, 0.25) is 0 Å². The topological polar surface area (TPSA) is 60.5 Å². The van der Waals surface area contributed by atoms with Crippen molar-refractivity contribution in [3.63, 3.8) is 0 Å². The predicted molar refractivity (Wildman–Crippen MR) is 117 cm³/mol. The van der Waals surface area contributed by atoms with E-state index < -0.39 is 5.82 Å². The first-order valence-electron chi connectivity index (χ1n) is 10.2. The minimum atomic E-state index is -0.406. The molecule has 158 valence electrons. The second-order valence-corrected chi connectivity index (χ2v) is 7.10. The number of methoxy groups -OCH3 is 2. The van der Waals surface area contributed by atoms with Gasteiger partial charge in [-0.05, 0) is 42.8 Å². The molecular formula is C24H27FN2O3. The van der Waals surface area contributed by atoms with Gasteiger partial charge in [0.25, 0.3) is 5.91 Å². The highest BCUT2D eigenvalue weighted by atomic mass is 19.1. The molecule has 0 atom stereocenters. The number of pyridine rings is 1. The molecule has 0 aliphatic carbocycles.